The maximum absolute atomic E-state index is 11.8. The number of carbonyl (C=O) groups is 2. The Labute approximate surface area is 129 Å². The van der Waals surface area contributed by atoms with Gasteiger partial charge in [0.2, 0.25) is 0 Å². The summed E-state index contributed by atoms with van der Waals surface area (Å²) in [7, 11) is -0.582. The molecule has 0 atom stereocenters. The molecule has 120 valence electrons. The Morgan fingerprint density at radius 1 is 1.23 bits per heavy atom. The molecule has 1 amide bonds. The van der Waals surface area contributed by atoms with Gasteiger partial charge in [0.1, 0.15) is 5.60 Å². The SMILES string of the molecule is COC(=O)c1cc(NC(=O)OC(C)(C)C)c(C)c(B(O)O)c1. The maximum atomic E-state index is 11.8. The topological polar surface area (TPSA) is 105 Å². The number of benzene rings is 1. The number of anilines is 1. The summed E-state index contributed by atoms with van der Waals surface area (Å²) in [4.78, 5) is 23.5. The normalized spacial score (nSPS) is 10.9. The van der Waals surface area contributed by atoms with Crippen LogP contribution in [0.4, 0.5) is 10.5 Å². The van der Waals surface area contributed by atoms with Gasteiger partial charge in [-0.1, -0.05) is 0 Å². The molecular formula is C14H20BNO6. The largest absolute Gasteiger partial charge is 0.488 e. The van der Waals surface area contributed by atoms with E-state index in [1.54, 1.807) is 27.7 Å². The first-order valence-electron chi connectivity index (χ1n) is 6.64. The van der Waals surface area contributed by atoms with E-state index in [4.69, 9.17) is 4.74 Å². The zero-order chi connectivity index (χ0) is 17.1. The lowest BCUT2D eigenvalue weighted by molar-refractivity contribution is 0.0596. The van der Waals surface area contributed by atoms with Crippen molar-refractivity contribution in [1.82, 2.24) is 0 Å². The van der Waals surface area contributed by atoms with Gasteiger partial charge in [-0.05, 0) is 50.9 Å². The highest BCUT2D eigenvalue weighted by atomic mass is 16.6. The Morgan fingerprint density at radius 3 is 2.27 bits per heavy atom. The third-order valence-corrected chi connectivity index (χ3v) is 2.78. The minimum Gasteiger partial charge on any atom is -0.465 e. The van der Waals surface area contributed by atoms with Crippen molar-refractivity contribution in [3.8, 4) is 0 Å². The van der Waals surface area contributed by atoms with Crippen molar-refractivity contribution in [2.45, 2.75) is 33.3 Å². The molecular weight excluding hydrogens is 289 g/mol. The van der Waals surface area contributed by atoms with Gasteiger partial charge in [0, 0.05) is 5.69 Å². The summed E-state index contributed by atoms with van der Waals surface area (Å²) in [5, 5.41) is 21.3. The second kappa shape index (κ2) is 6.80. The van der Waals surface area contributed by atoms with E-state index in [9.17, 15) is 19.6 Å². The lowest BCUT2D eigenvalue weighted by atomic mass is 9.76. The van der Waals surface area contributed by atoms with Crippen molar-refractivity contribution in [1.29, 1.82) is 0 Å². The van der Waals surface area contributed by atoms with Crippen molar-refractivity contribution in [3.63, 3.8) is 0 Å². The van der Waals surface area contributed by atoms with Crippen LogP contribution in [0.25, 0.3) is 0 Å². The van der Waals surface area contributed by atoms with Gasteiger partial charge in [0.15, 0.2) is 0 Å². The molecule has 22 heavy (non-hydrogen) atoms. The Bertz CT molecular complexity index is 579. The van der Waals surface area contributed by atoms with Crippen LogP contribution in [-0.2, 0) is 9.47 Å². The molecule has 3 N–H and O–H groups in total. The van der Waals surface area contributed by atoms with Gasteiger partial charge >= 0.3 is 19.2 Å². The third-order valence-electron chi connectivity index (χ3n) is 2.78. The van der Waals surface area contributed by atoms with Gasteiger partial charge in [-0.2, -0.15) is 0 Å². The molecule has 7 nitrogen and oxygen atoms in total. The molecule has 0 aliphatic heterocycles. The fourth-order valence-electron chi connectivity index (χ4n) is 1.78. The van der Waals surface area contributed by atoms with E-state index in [2.05, 4.69) is 10.1 Å². The predicted molar refractivity (Wildman–Crippen MR) is 82.2 cm³/mol. The first-order valence-corrected chi connectivity index (χ1v) is 6.64. The molecule has 1 aromatic rings. The summed E-state index contributed by atoms with van der Waals surface area (Å²) < 4.78 is 9.74. The van der Waals surface area contributed by atoms with E-state index in [-0.39, 0.29) is 16.7 Å². The Kier molecular flexibility index (Phi) is 5.56. The molecule has 0 aliphatic carbocycles. The number of hydrogen-bond donors (Lipinski definition) is 3. The molecule has 0 spiro atoms. The minimum absolute atomic E-state index is 0.0854. The van der Waals surface area contributed by atoms with Crippen molar-refractivity contribution < 1.29 is 29.1 Å². The summed E-state index contributed by atoms with van der Waals surface area (Å²) in [5.74, 6) is -0.658. The first-order chi connectivity index (χ1) is 10.0. The smallest absolute Gasteiger partial charge is 0.465 e. The van der Waals surface area contributed by atoms with Crippen LogP contribution >= 0.6 is 0 Å². The maximum Gasteiger partial charge on any atom is 0.488 e. The van der Waals surface area contributed by atoms with Crippen LogP contribution < -0.4 is 10.8 Å². The summed E-state index contributed by atoms with van der Waals surface area (Å²) in [5.41, 5.74) is 0.141. The molecule has 0 saturated heterocycles. The third kappa shape index (κ3) is 4.75. The molecule has 0 heterocycles. The summed E-state index contributed by atoms with van der Waals surface area (Å²) in [6.07, 6.45) is -0.712. The Balaban J connectivity index is 3.20. The van der Waals surface area contributed by atoms with Gasteiger partial charge in [-0.15, -0.1) is 0 Å². The van der Waals surface area contributed by atoms with Crippen molar-refractivity contribution >= 4 is 30.3 Å². The quantitative estimate of drug-likeness (QED) is 0.564. The highest BCUT2D eigenvalue weighted by Gasteiger charge is 2.22. The fraction of sp³-hybridized carbons (Fsp3) is 0.429. The number of amides is 1. The average Bonchev–Trinajstić information content (AvgIpc) is 2.37. The molecule has 0 aromatic heterocycles. The van der Waals surface area contributed by atoms with Crippen LogP contribution in [0.15, 0.2) is 12.1 Å². The predicted octanol–water partition coefficient (Wildman–Crippen LogP) is 0.808. The van der Waals surface area contributed by atoms with E-state index >= 15 is 0 Å². The summed E-state index contributed by atoms with van der Waals surface area (Å²) in [6, 6.07) is 2.68. The molecule has 0 radical (unpaired) electrons. The summed E-state index contributed by atoms with van der Waals surface area (Å²) >= 11 is 0. The molecule has 0 aliphatic rings. The number of hydrogen-bond acceptors (Lipinski definition) is 6. The van der Waals surface area contributed by atoms with Crippen molar-refractivity contribution in [3.05, 3.63) is 23.3 Å². The van der Waals surface area contributed by atoms with E-state index in [1.807, 2.05) is 0 Å². The minimum atomic E-state index is -1.79. The zero-order valence-electron chi connectivity index (χ0n) is 13.3. The van der Waals surface area contributed by atoms with Crippen LogP contribution in [-0.4, -0.2) is 41.9 Å². The Hall–Kier alpha value is -2.06. The number of nitrogens with one attached hydrogen (secondary N) is 1. The van der Waals surface area contributed by atoms with Gasteiger partial charge in [-0.3, -0.25) is 5.32 Å². The number of ether oxygens (including phenoxy) is 2. The van der Waals surface area contributed by atoms with Gasteiger partial charge < -0.3 is 19.5 Å². The lowest BCUT2D eigenvalue weighted by Crippen LogP contribution is -2.34. The van der Waals surface area contributed by atoms with E-state index in [0.29, 0.717) is 5.56 Å². The molecule has 0 bridgehead atoms. The fourth-order valence-corrected chi connectivity index (χ4v) is 1.78. The van der Waals surface area contributed by atoms with E-state index in [1.165, 1.54) is 19.2 Å². The van der Waals surface area contributed by atoms with E-state index in [0.717, 1.165) is 0 Å². The average molecular weight is 309 g/mol. The Morgan fingerprint density at radius 2 is 1.82 bits per heavy atom. The van der Waals surface area contributed by atoms with Crippen molar-refractivity contribution in [2.24, 2.45) is 0 Å². The monoisotopic (exact) mass is 309 g/mol. The molecule has 1 aromatic carbocycles. The molecule has 0 fully saturated rings. The van der Waals surface area contributed by atoms with Gasteiger partial charge in [0.25, 0.3) is 0 Å². The van der Waals surface area contributed by atoms with Gasteiger partial charge in [0.05, 0.1) is 12.7 Å². The highest BCUT2D eigenvalue weighted by Crippen LogP contribution is 2.18. The molecule has 0 unspecified atom stereocenters. The molecule has 8 heteroatoms. The van der Waals surface area contributed by atoms with Crippen LogP contribution in [0.5, 0.6) is 0 Å². The lowest BCUT2D eigenvalue weighted by Gasteiger charge is -2.21. The number of rotatable bonds is 3. The first kappa shape index (κ1) is 18.0. The standard InChI is InChI=1S/C14H20BNO6/c1-8-10(15(19)20)6-9(12(17)21-5)7-11(8)16-13(18)22-14(2,3)4/h6-7,19-20H,1-5H3,(H,16,18). The van der Waals surface area contributed by atoms with Crippen LogP contribution in [0.2, 0.25) is 0 Å². The molecule has 1 rings (SSSR count). The number of methoxy groups -OCH3 is 1. The van der Waals surface area contributed by atoms with Crippen LogP contribution in [0, 0.1) is 6.92 Å². The summed E-state index contributed by atoms with van der Waals surface area (Å²) in [6.45, 7) is 6.73. The molecule has 0 saturated carbocycles. The van der Waals surface area contributed by atoms with Gasteiger partial charge in [-0.25, -0.2) is 9.59 Å². The second-order valence-electron chi connectivity index (χ2n) is 5.73. The van der Waals surface area contributed by atoms with E-state index < -0.39 is 24.8 Å². The zero-order valence-corrected chi connectivity index (χ0v) is 13.3. The van der Waals surface area contributed by atoms with Crippen LogP contribution in [0.1, 0.15) is 36.7 Å². The van der Waals surface area contributed by atoms with Crippen LogP contribution in [0.3, 0.4) is 0 Å². The second-order valence-corrected chi connectivity index (χ2v) is 5.73. The highest BCUT2D eigenvalue weighted by molar-refractivity contribution is 6.59. The number of carbonyl (C=O) groups excluding carboxylic acids is 2. The van der Waals surface area contributed by atoms with Crippen molar-refractivity contribution in [2.75, 3.05) is 12.4 Å². The number of esters is 1.